The van der Waals surface area contributed by atoms with Crippen molar-refractivity contribution in [1.29, 1.82) is 5.26 Å². The van der Waals surface area contributed by atoms with Crippen LogP contribution in [0, 0.1) is 11.3 Å². The number of fused-ring (bicyclic) bond motifs is 1. The second-order valence-corrected chi connectivity index (χ2v) is 5.45. The van der Waals surface area contributed by atoms with E-state index in [1.54, 1.807) is 0 Å². The van der Waals surface area contributed by atoms with E-state index in [-0.39, 0.29) is 6.61 Å². The molecule has 0 spiro atoms. The first-order valence-corrected chi connectivity index (χ1v) is 7.75. The van der Waals surface area contributed by atoms with Crippen LogP contribution in [0.15, 0.2) is 30.5 Å². The Bertz CT molecular complexity index is 698. The Kier molecular flexibility index (Phi) is 4.69. The van der Waals surface area contributed by atoms with E-state index in [0.717, 1.165) is 25.9 Å². The fraction of sp³-hybridized carbons (Fsp3) is 0.353. The van der Waals surface area contributed by atoms with Crippen molar-refractivity contribution in [3.05, 3.63) is 47.3 Å². The largest absolute Gasteiger partial charge is 0.395 e. The van der Waals surface area contributed by atoms with Crippen LogP contribution in [-0.2, 0) is 12.8 Å². The molecule has 0 saturated heterocycles. The Balaban J connectivity index is 1.85. The van der Waals surface area contributed by atoms with Crippen LogP contribution in [0.25, 0.3) is 0 Å². The highest BCUT2D eigenvalue weighted by Gasteiger charge is 2.19. The first kappa shape index (κ1) is 15.3. The minimum atomic E-state index is 0.0238. The van der Waals surface area contributed by atoms with E-state index in [4.69, 9.17) is 5.11 Å². The maximum atomic E-state index is 9.32. The minimum absolute atomic E-state index is 0.0238. The lowest BCUT2D eigenvalue weighted by Gasteiger charge is -2.22. The highest BCUT2D eigenvalue weighted by molar-refractivity contribution is 5.54. The van der Waals surface area contributed by atoms with Gasteiger partial charge in [0.1, 0.15) is 11.9 Å². The molecule has 1 aromatic carbocycles. The van der Waals surface area contributed by atoms with Crippen LogP contribution in [0.1, 0.15) is 16.8 Å². The van der Waals surface area contributed by atoms with Crippen molar-refractivity contribution in [3.8, 4) is 6.07 Å². The third-order valence-electron chi connectivity index (χ3n) is 4.00. The Hall–Kier alpha value is -2.65. The third-order valence-corrected chi connectivity index (χ3v) is 4.00. The predicted molar refractivity (Wildman–Crippen MR) is 88.4 cm³/mol. The highest BCUT2D eigenvalue weighted by atomic mass is 16.3. The standard InChI is InChI=1S/C17H19N5O/c18-11-15-17(21-16(12-20-15)19-7-10-23)22-8-5-13-3-1-2-4-14(13)6-9-22/h1-4,12,23H,5-10H2,(H,19,21). The SMILES string of the molecule is N#Cc1ncc(NCCO)nc1N1CCc2ccccc2CC1. The Morgan fingerprint density at radius 1 is 1.22 bits per heavy atom. The van der Waals surface area contributed by atoms with E-state index in [0.29, 0.717) is 23.9 Å². The molecule has 6 heteroatoms. The Labute approximate surface area is 135 Å². The maximum Gasteiger partial charge on any atom is 0.183 e. The number of aliphatic hydroxyl groups is 1. The van der Waals surface area contributed by atoms with Gasteiger partial charge in [-0.05, 0) is 24.0 Å². The molecular weight excluding hydrogens is 290 g/mol. The molecule has 1 aliphatic heterocycles. The number of nitriles is 1. The summed E-state index contributed by atoms with van der Waals surface area (Å²) in [6.07, 6.45) is 3.39. The molecule has 2 aromatic rings. The van der Waals surface area contributed by atoms with Crippen LogP contribution in [-0.4, -0.2) is 41.3 Å². The molecule has 2 N–H and O–H groups in total. The van der Waals surface area contributed by atoms with Gasteiger partial charge in [-0.3, -0.25) is 0 Å². The second-order valence-electron chi connectivity index (χ2n) is 5.45. The number of nitrogens with one attached hydrogen (secondary N) is 1. The molecule has 1 aromatic heterocycles. The molecule has 0 radical (unpaired) electrons. The van der Waals surface area contributed by atoms with Gasteiger partial charge in [0.05, 0.1) is 12.8 Å². The van der Waals surface area contributed by atoms with Gasteiger partial charge in [-0.25, -0.2) is 9.97 Å². The molecule has 0 bridgehead atoms. The molecule has 0 fully saturated rings. The first-order chi connectivity index (χ1) is 11.3. The summed E-state index contributed by atoms with van der Waals surface area (Å²) >= 11 is 0. The van der Waals surface area contributed by atoms with E-state index in [1.165, 1.54) is 17.3 Å². The number of hydrogen-bond acceptors (Lipinski definition) is 6. The first-order valence-electron chi connectivity index (χ1n) is 7.75. The van der Waals surface area contributed by atoms with Crippen LogP contribution in [0.5, 0.6) is 0 Å². The number of benzene rings is 1. The van der Waals surface area contributed by atoms with Crippen LogP contribution >= 0.6 is 0 Å². The number of nitrogens with zero attached hydrogens (tertiary/aromatic N) is 4. The minimum Gasteiger partial charge on any atom is -0.395 e. The zero-order chi connectivity index (χ0) is 16.1. The summed E-state index contributed by atoms with van der Waals surface area (Å²) in [5.41, 5.74) is 3.05. The maximum absolute atomic E-state index is 9.32. The molecule has 23 heavy (non-hydrogen) atoms. The number of hydrogen-bond donors (Lipinski definition) is 2. The molecule has 0 amide bonds. The summed E-state index contributed by atoms with van der Waals surface area (Å²) in [5.74, 6) is 1.19. The number of aromatic nitrogens is 2. The summed E-state index contributed by atoms with van der Waals surface area (Å²) in [6.45, 7) is 2.05. The molecule has 3 rings (SSSR count). The normalized spacial score (nSPS) is 13.8. The van der Waals surface area contributed by atoms with Crippen molar-refractivity contribution in [3.63, 3.8) is 0 Å². The molecular formula is C17H19N5O. The lowest BCUT2D eigenvalue weighted by molar-refractivity contribution is 0.311. The molecule has 0 atom stereocenters. The molecule has 0 unspecified atom stereocenters. The van der Waals surface area contributed by atoms with Gasteiger partial charge in [0.15, 0.2) is 11.5 Å². The molecule has 0 aliphatic carbocycles. The molecule has 1 aliphatic rings. The quantitative estimate of drug-likeness (QED) is 0.887. The van der Waals surface area contributed by atoms with E-state index in [2.05, 4.69) is 50.5 Å². The smallest absolute Gasteiger partial charge is 0.183 e. The van der Waals surface area contributed by atoms with E-state index in [9.17, 15) is 5.26 Å². The average molecular weight is 309 g/mol. The van der Waals surface area contributed by atoms with Crippen molar-refractivity contribution in [2.24, 2.45) is 0 Å². The Morgan fingerprint density at radius 2 is 1.91 bits per heavy atom. The van der Waals surface area contributed by atoms with E-state index >= 15 is 0 Å². The van der Waals surface area contributed by atoms with E-state index in [1.807, 2.05) is 0 Å². The monoisotopic (exact) mass is 309 g/mol. The van der Waals surface area contributed by atoms with Gasteiger partial charge in [-0.2, -0.15) is 5.26 Å². The summed E-state index contributed by atoms with van der Waals surface area (Å²) in [7, 11) is 0. The van der Waals surface area contributed by atoms with Gasteiger partial charge in [0.2, 0.25) is 0 Å². The summed E-state index contributed by atoms with van der Waals surface area (Å²) in [5, 5.41) is 21.2. The number of rotatable bonds is 4. The fourth-order valence-corrected chi connectivity index (χ4v) is 2.83. The molecule has 6 nitrogen and oxygen atoms in total. The van der Waals surface area contributed by atoms with Gasteiger partial charge in [-0.15, -0.1) is 0 Å². The van der Waals surface area contributed by atoms with E-state index < -0.39 is 0 Å². The van der Waals surface area contributed by atoms with Gasteiger partial charge >= 0.3 is 0 Å². The second kappa shape index (κ2) is 7.07. The molecule has 0 saturated carbocycles. The summed E-state index contributed by atoms with van der Waals surface area (Å²) in [6, 6.07) is 10.6. The lowest BCUT2D eigenvalue weighted by Crippen LogP contribution is -2.28. The lowest BCUT2D eigenvalue weighted by atomic mass is 10.0. The van der Waals surface area contributed by atoms with Gasteiger partial charge in [0.25, 0.3) is 0 Å². The van der Waals surface area contributed by atoms with Gasteiger partial charge < -0.3 is 15.3 Å². The third kappa shape index (κ3) is 3.41. The molecule has 118 valence electrons. The van der Waals surface area contributed by atoms with Crippen molar-refractivity contribution in [2.75, 3.05) is 36.5 Å². The zero-order valence-corrected chi connectivity index (χ0v) is 12.9. The van der Waals surface area contributed by atoms with Crippen molar-refractivity contribution in [1.82, 2.24) is 9.97 Å². The topological polar surface area (TPSA) is 85.1 Å². The van der Waals surface area contributed by atoms with Crippen LogP contribution in [0.2, 0.25) is 0 Å². The summed E-state index contributed by atoms with van der Waals surface area (Å²) in [4.78, 5) is 10.8. The van der Waals surface area contributed by atoms with Crippen molar-refractivity contribution >= 4 is 11.6 Å². The summed E-state index contributed by atoms with van der Waals surface area (Å²) < 4.78 is 0. The van der Waals surface area contributed by atoms with Crippen LogP contribution in [0.3, 0.4) is 0 Å². The average Bonchev–Trinajstić information content (AvgIpc) is 2.82. The zero-order valence-electron chi connectivity index (χ0n) is 12.9. The number of anilines is 2. The van der Waals surface area contributed by atoms with Crippen molar-refractivity contribution < 1.29 is 5.11 Å². The highest BCUT2D eigenvalue weighted by Crippen LogP contribution is 2.22. The predicted octanol–water partition coefficient (Wildman–Crippen LogP) is 1.36. The van der Waals surface area contributed by atoms with Crippen LogP contribution < -0.4 is 10.2 Å². The molecule has 2 heterocycles. The van der Waals surface area contributed by atoms with Crippen molar-refractivity contribution in [2.45, 2.75) is 12.8 Å². The fourth-order valence-electron chi connectivity index (χ4n) is 2.83. The number of aliphatic hydroxyl groups excluding tert-OH is 1. The van der Waals surface area contributed by atoms with Gasteiger partial charge in [-0.1, -0.05) is 24.3 Å². The van der Waals surface area contributed by atoms with Crippen LogP contribution in [0.4, 0.5) is 11.6 Å². The van der Waals surface area contributed by atoms with Gasteiger partial charge in [0, 0.05) is 19.6 Å². The Morgan fingerprint density at radius 3 is 2.52 bits per heavy atom.